The van der Waals surface area contributed by atoms with Gasteiger partial charge in [-0.3, -0.25) is 5.32 Å². The normalized spacial score (nSPS) is 19.3. The van der Waals surface area contributed by atoms with Crippen molar-refractivity contribution >= 4 is 22.6 Å². The number of rotatable bonds is 3. The van der Waals surface area contributed by atoms with E-state index in [0.717, 1.165) is 47.0 Å². The SMILES string of the molecule is C[C@@H](N[C@H]1CCCn2ncnc21)c1cc2cc(Cl)ccc2o1. The van der Waals surface area contributed by atoms with Crippen LogP contribution in [-0.2, 0) is 6.54 Å². The van der Waals surface area contributed by atoms with Gasteiger partial charge in [0.2, 0.25) is 0 Å². The van der Waals surface area contributed by atoms with Crippen LogP contribution in [0.2, 0.25) is 5.02 Å². The van der Waals surface area contributed by atoms with Crippen LogP contribution >= 0.6 is 11.6 Å². The Morgan fingerprint density at radius 1 is 1.41 bits per heavy atom. The van der Waals surface area contributed by atoms with Gasteiger partial charge in [0, 0.05) is 17.0 Å². The van der Waals surface area contributed by atoms with Crippen LogP contribution in [0.25, 0.3) is 11.0 Å². The zero-order valence-electron chi connectivity index (χ0n) is 12.3. The van der Waals surface area contributed by atoms with Gasteiger partial charge in [0.15, 0.2) is 0 Å². The van der Waals surface area contributed by atoms with Gasteiger partial charge in [0.1, 0.15) is 23.5 Å². The molecule has 0 radical (unpaired) electrons. The monoisotopic (exact) mass is 316 g/mol. The Bertz CT molecular complexity index is 809. The maximum Gasteiger partial charge on any atom is 0.143 e. The fraction of sp³-hybridized carbons (Fsp3) is 0.375. The summed E-state index contributed by atoms with van der Waals surface area (Å²) in [5.41, 5.74) is 0.861. The van der Waals surface area contributed by atoms with Gasteiger partial charge in [-0.15, -0.1) is 0 Å². The minimum absolute atomic E-state index is 0.0967. The van der Waals surface area contributed by atoms with Crippen LogP contribution in [0, 0.1) is 0 Å². The van der Waals surface area contributed by atoms with Crippen LogP contribution in [0.4, 0.5) is 0 Å². The molecule has 4 rings (SSSR count). The van der Waals surface area contributed by atoms with Crippen molar-refractivity contribution in [2.75, 3.05) is 0 Å². The Balaban J connectivity index is 1.58. The van der Waals surface area contributed by atoms with Gasteiger partial charge < -0.3 is 4.42 Å². The van der Waals surface area contributed by atoms with Gasteiger partial charge in [-0.05, 0) is 44.0 Å². The molecule has 0 aliphatic carbocycles. The molecule has 1 aliphatic rings. The van der Waals surface area contributed by atoms with Crippen molar-refractivity contribution in [3.63, 3.8) is 0 Å². The number of aromatic nitrogens is 3. The molecule has 0 saturated heterocycles. The van der Waals surface area contributed by atoms with Gasteiger partial charge in [0.25, 0.3) is 0 Å². The maximum atomic E-state index is 6.03. The molecule has 0 fully saturated rings. The van der Waals surface area contributed by atoms with Gasteiger partial charge in [-0.1, -0.05) is 11.6 Å². The minimum Gasteiger partial charge on any atom is -0.459 e. The van der Waals surface area contributed by atoms with E-state index in [-0.39, 0.29) is 12.1 Å². The Morgan fingerprint density at radius 2 is 2.32 bits per heavy atom. The summed E-state index contributed by atoms with van der Waals surface area (Å²) in [6.45, 7) is 3.06. The average Bonchev–Trinajstić information content (AvgIpc) is 3.13. The molecule has 0 saturated carbocycles. The minimum atomic E-state index is 0.0967. The van der Waals surface area contributed by atoms with Crippen molar-refractivity contribution in [3.8, 4) is 0 Å². The number of nitrogens with one attached hydrogen (secondary N) is 1. The summed E-state index contributed by atoms with van der Waals surface area (Å²) >= 11 is 6.03. The summed E-state index contributed by atoms with van der Waals surface area (Å²) in [5.74, 6) is 1.92. The molecule has 2 aromatic heterocycles. The molecule has 0 bridgehead atoms. The van der Waals surface area contributed by atoms with Crippen LogP contribution in [0.1, 0.15) is 43.4 Å². The lowest BCUT2D eigenvalue weighted by Gasteiger charge is -2.25. The topological polar surface area (TPSA) is 55.9 Å². The van der Waals surface area contributed by atoms with E-state index in [4.69, 9.17) is 16.0 Å². The number of furan rings is 1. The highest BCUT2D eigenvalue weighted by atomic mass is 35.5. The van der Waals surface area contributed by atoms with Crippen LogP contribution in [0.3, 0.4) is 0 Å². The lowest BCUT2D eigenvalue weighted by Crippen LogP contribution is -2.30. The van der Waals surface area contributed by atoms with Crippen LogP contribution in [-0.4, -0.2) is 14.8 Å². The van der Waals surface area contributed by atoms with E-state index in [9.17, 15) is 0 Å². The summed E-state index contributed by atoms with van der Waals surface area (Å²) in [7, 11) is 0. The van der Waals surface area contributed by atoms with E-state index < -0.39 is 0 Å². The molecule has 0 unspecified atom stereocenters. The number of benzene rings is 1. The summed E-state index contributed by atoms with van der Waals surface area (Å²) < 4.78 is 7.91. The molecule has 6 heteroatoms. The number of hydrogen-bond acceptors (Lipinski definition) is 4. The molecule has 1 aromatic carbocycles. The average molecular weight is 317 g/mol. The lowest BCUT2D eigenvalue weighted by atomic mass is 10.1. The van der Waals surface area contributed by atoms with E-state index in [1.54, 1.807) is 6.33 Å². The first kappa shape index (κ1) is 13.8. The first-order valence-corrected chi connectivity index (χ1v) is 7.91. The second-order valence-electron chi connectivity index (χ2n) is 5.76. The third-order valence-electron chi connectivity index (χ3n) is 4.20. The fourth-order valence-corrected chi connectivity index (χ4v) is 3.26. The van der Waals surface area contributed by atoms with Gasteiger partial charge in [-0.2, -0.15) is 5.10 Å². The Morgan fingerprint density at radius 3 is 3.23 bits per heavy atom. The molecular formula is C16H17ClN4O. The summed E-state index contributed by atoms with van der Waals surface area (Å²) in [6.07, 6.45) is 3.80. The number of hydrogen-bond donors (Lipinski definition) is 1. The lowest BCUT2D eigenvalue weighted by molar-refractivity contribution is 0.326. The zero-order valence-corrected chi connectivity index (χ0v) is 13.0. The third-order valence-corrected chi connectivity index (χ3v) is 4.43. The molecule has 3 heterocycles. The Labute approximate surface area is 133 Å². The van der Waals surface area contributed by atoms with Gasteiger partial charge in [0.05, 0.1) is 12.1 Å². The van der Waals surface area contributed by atoms with Crippen molar-refractivity contribution in [3.05, 3.63) is 47.2 Å². The quantitative estimate of drug-likeness (QED) is 0.797. The molecule has 1 aliphatic heterocycles. The highest BCUT2D eigenvalue weighted by Crippen LogP contribution is 2.29. The van der Waals surface area contributed by atoms with Crippen molar-refractivity contribution in [2.24, 2.45) is 0 Å². The summed E-state index contributed by atoms with van der Waals surface area (Å²) in [5, 5.41) is 9.62. The van der Waals surface area contributed by atoms with Crippen LogP contribution in [0.5, 0.6) is 0 Å². The number of nitrogens with zero attached hydrogens (tertiary/aromatic N) is 3. The predicted octanol–water partition coefficient (Wildman–Crippen LogP) is 3.86. The second-order valence-corrected chi connectivity index (χ2v) is 6.19. The zero-order chi connectivity index (χ0) is 15.1. The molecule has 114 valence electrons. The molecule has 22 heavy (non-hydrogen) atoms. The number of fused-ring (bicyclic) bond motifs is 2. The smallest absolute Gasteiger partial charge is 0.143 e. The molecular weight excluding hydrogens is 300 g/mol. The second kappa shape index (κ2) is 5.41. The van der Waals surface area contributed by atoms with E-state index in [0.29, 0.717) is 0 Å². The summed E-state index contributed by atoms with van der Waals surface area (Å²) in [4.78, 5) is 4.38. The molecule has 2 atom stereocenters. The molecule has 1 N–H and O–H groups in total. The fourth-order valence-electron chi connectivity index (χ4n) is 3.08. The number of halogens is 1. The van der Waals surface area contributed by atoms with E-state index in [1.165, 1.54) is 0 Å². The standard InChI is InChI=1S/C16H17ClN4O/c1-10(15-8-11-7-12(17)4-5-14(11)22-15)20-13-3-2-6-21-16(13)18-9-19-21/h4-5,7-10,13,20H,2-3,6H2,1H3/t10-,13+/m1/s1. The highest BCUT2D eigenvalue weighted by molar-refractivity contribution is 6.31. The summed E-state index contributed by atoms with van der Waals surface area (Å²) in [6, 6.07) is 8.03. The Kier molecular flexibility index (Phi) is 3.39. The highest BCUT2D eigenvalue weighted by Gasteiger charge is 2.25. The molecule has 3 aromatic rings. The van der Waals surface area contributed by atoms with E-state index in [1.807, 2.05) is 28.9 Å². The first-order chi connectivity index (χ1) is 10.7. The van der Waals surface area contributed by atoms with Crippen LogP contribution in [0.15, 0.2) is 35.0 Å². The third kappa shape index (κ3) is 2.40. The van der Waals surface area contributed by atoms with E-state index in [2.05, 4.69) is 22.3 Å². The van der Waals surface area contributed by atoms with Crippen molar-refractivity contribution in [1.82, 2.24) is 20.1 Å². The molecule has 0 spiro atoms. The first-order valence-electron chi connectivity index (χ1n) is 7.53. The predicted molar refractivity (Wildman–Crippen MR) is 84.8 cm³/mol. The molecule has 0 amide bonds. The van der Waals surface area contributed by atoms with Gasteiger partial charge in [-0.25, -0.2) is 9.67 Å². The van der Waals surface area contributed by atoms with E-state index >= 15 is 0 Å². The maximum absolute atomic E-state index is 6.03. The van der Waals surface area contributed by atoms with Crippen molar-refractivity contribution in [2.45, 2.75) is 38.4 Å². The molecule has 5 nitrogen and oxygen atoms in total. The number of aryl methyl sites for hydroxylation is 1. The van der Waals surface area contributed by atoms with Crippen LogP contribution < -0.4 is 5.32 Å². The Hall–Kier alpha value is -1.85. The van der Waals surface area contributed by atoms with Crippen molar-refractivity contribution in [1.29, 1.82) is 0 Å². The van der Waals surface area contributed by atoms with Crippen molar-refractivity contribution < 1.29 is 4.42 Å². The van der Waals surface area contributed by atoms with Gasteiger partial charge >= 0.3 is 0 Å². The largest absolute Gasteiger partial charge is 0.459 e.